The molecule has 1 aliphatic carbocycles. The lowest BCUT2D eigenvalue weighted by Gasteiger charge is -2.35. The Morgan fingerprint density at radius 3 is 2.89 bits per heavy atom. The van der Waals surface area contributed by atoms with Crippen molar-refractivity contribution in [2.45, 2.75) is 45.1 Å². The standard InChI is InChI=1S/C19H27N5O3/c1-12-15-9-27-11-19(5-6-24(10-19)16(26)8-20-13(2)25)17(15)23-18(22-12)21-7-14-3-4-14/h14H,3-11H2,1-2H3,(H,20,25)(H,21,22,23). The van der Waals surface area contributed by atoms with Crippen LogP contribution in [0.25, 0.3) is 0 Å². The minimum absolute atomic E-state index is 0.0378. The Morgan fingerprint density at radius 1 is 1.33 bits per heavy atom. The van der Waals surface area contributed by atoms with Crippen LogP contribution in [-0.2, 0) is 26.3 Å². The van der Waals surface area contributed by atoms with E-state index in [2.05, 4.69) is 15.6 Å². The summed E-state index contributed by atoms with van der Waals surface area (Å²) in [6, 6.07) is 0. The number of carbonyl (C=O) groups is 2. The van der Waals surface area contributed by atoms with Crippen LogP contribution in [-0.4, -0.2) is 59.5 Å². The number of hydrogen-bond acceptors (Lipinski definition) is 6. The van der Waals surface area contributed by atoms with E-state index in [-0.39, 0.29) is 23.8 Å². The van der Waals surface area contributed by atoms with Gasteiger partial charge in [0.15, 0.2) is 0 Å². The van der Waals surface area contributed by atoms with E-state index in [0.717, 1.165) is 35.8 Å². The summed E-state index contributed by atoms with van der Waals surface area (Å²) in [5.41, 5.74) is 2.73. The summed E-state index contributed by atoms with van der Waals surface area (Å²) in [6.07, 6.45) is 3.37. The van der Waals surface area contributed by atoms with E-state index in [4.69, 9.17) is 9.72 Å². The molecular weight excluding hydrogens is 346 g/mol. The minimum Gasteiger partial charge on any atom is -0.376 e. The molecule has 3 aliphatic rings. The average Bonchev–Trinajstić information content (AvgIpc) is 3.38. The van der Waals surface area contributed by atoms with Crippen LogP contribution >= 0.6 is 0 Å². The molecule has 1 spiro atoms. The van der Waals surface area contributed by atoms with Gasteiger partial charge in [0.25, 0.3) is 0 Å². The van der Waals surface area contributed by atoms with Crippen molar-refractivity contribution in [2.24, 2.45) is 5.92 Å². The Balaban J connectivity index is 1.54. The van der Waals surface area contributed by atoms with Gasteiger partial charge in [-0.05, 0) is 32.1 Å². The summed E-state index contributed by atoms with van der Waals surface area (Å²) >= 11 is 0. The van der Waals surface area contributed by atoms with E-state index in [0.29, 0.717) is 32.3 Å². The zero-order chi connectivity index (χ0) is 19.0. The van der Waals surface area contributed by atoms with Crippen LogP contribution in [0.2, 0.25) is 0 Å². The van der Waals surface area contributed by atoms with Crippen LogP contribution in [0, 0.1) is 12.8 Å². The molecule has 8 nitrogen and oxygen atoms in total. The SMILES string of the molecule is CC(=O)NCC(=O)N1CCC2(COCc3c(C)nc(NCC4CC4)nc32)C1. The lowest BCUT2D eigenvalue weighted by atomic mass is 9.80. The topological polar surface area (TPSA) is 96.5 Å². The number of hydrogen-bond donors (Lipinski definition) is 2. The maximum Gasteiger partial charge on any atom is 0.241 e. The predicted octanol–water partition coefficient (Wildman–Crippen LogP) is 0.743. The second-order valence-corrected chi connectivity index (χ2v) is 8.03. The fourth-order valence-corrected chi connectivity index (χ4v) is 3.97. The molecule has 27 heavy (non-hydrogen) atoms. The quantitative estimate of drug-likeness (QED) is 0.790. The largest absolute Gasteiger partial charge is 0.376 e. The number of aryl methyl sites for hydroxylation is 1. The number of likely N-dealkylation sites (tertiary alicyclic amines) is 1. The molecule has 1 atom stereocenters. The summed E-state index contributed by atoms with van der Waals surface area (Å²) in [6.45, 7) is 6.67. The zero-order valence-electron chi connectivity index (χ0n) is 16.0. The Hall–Kier alpha value is -2.22. The molecule has 3 heterocycles. The molecule has 0 radical (unpaired) electrons. The van der Waals surface area contributed by atoms with E-state index in [9.17, 15) is 9.59 Å². The summed E-state index contributed by atoms with van der Waals surface area (Å²) in [5, 5.41) is 5.97. The fraction of sp³-hybridized carbons (Fsp3) is 0.684. The third-order valence-corrected chi connectivity index (χ3v) is 5.78. The van der Waals surface area contributed by atoms with Crippen molar-refractivity contribution in [1.29, 1.82) is 0 Å². The minimum atomic E-state index is -0.289. The number of aromatic nitrogens is 2. The molecule has 1 unspecified atom stereocenters. The summed E-state index contributed by atoms with van der Waals surface area (Å²) in [4.78, 5) is 34.8. The van der Waals surface area contributed by atoms with E-state index in [1.165, 1.54) is 19.8 Å². The molecule has 0 bridgehead atoms. The molecule has 1 saturated carbocycles. The first-order valence-electron chi connectivity index (χ1n) is 9.69. The van der Waals surface area contributed by atoms with E-state index in [1.807, 2.05) is 11.8 Å². The second kappa shape index (κ2) is 7.07. The highest BCUT2D eigenvalue weighted by molar-refractivity contribution is 5.84. The highest BCUT2D eigenvalue weighted by atomic mass is 16.5. The first kappa shape index (κ1) is 18.2. The van der Waals surface area contributed by atoms with Crippen LogP contribution in [0.15, 0.2) is 0 Å². The monoisotopic (exact) mass is 373 g/mol. The van der Waals surface area contributed by atoms with Crippen molar-refractivity contribution >= 4 is 17.8 Å². The second-order valence-electron chi connectivity index (χ2n) is 8.03. The summed E-state index contributed by atoms with van der Waals surface area (Å²) in [5.74, 6) is 1.17. The summed E-state index contributed by atoms with van der Waals surface area (Å²) in [7, 11) is 0. The molecule has 2 aliphatic heterocycles. The fourth-order valence-electron chi connectivity index (χ4n) is 3.97. The predicted molar refractivity (Wildman–Crippen MR) is 99.2 cm³/mol. The van der Waals surface area contributed by atoms with Crippen molar-refractivity contribution in [3.63, 3.8) is 0 Å². The van der Waals surface area contributed by atoms with Gasteiger partial charge in [-0.25, -0.2) is 9.97 Å². The zero-order valence-corrected chi connectivity index (χ0v) is 16.0. The molecule has 0 aromatic carbocycles. The van der Waals surface area contributed by atoms with Gasteiger partial charge in [-0.15, -0.1) is 0 Å². The Morgan fingerprint density at radius 2 is 2.15 bits per heavy atom. The lowest BCUT2D eigenvalue weighted by molar-refractivity contribution is -0.131. The molecule has 2 amide bonds. The van der Waals surface area contributed by atoms with Gasteiger partial charge < -0.3 is 20.3 Å². The molecular formula is C19H27N5O3. The number of nitrogens with one attached hydrogen (secondary N) is 2. The van der Waals surface area contributed by atoms with Crippen LogP contribution in [0.4, 0.5) is 5.95 Å². The Kier molecular flexibility index (Phi) is 4.75. The smallest absolute Gasteiger partial charge is 0.241 e. The Labute approximate surface area is 159 Å². The number of rotatable bonds is 5. The average molecular weight is 373 g/mol. The van der Waals surface area contributed by atoms with E-state index >= 15 is 0 Å². The number of nitrogens with zero attached hydrogens (tertiary/aromatic N) is 3. The molecule has 4 rings (SSSR count). The van der Waals surface area contributed by atoms with Crippen molar-refractivity contribution in [2.75, 3.05) is 38.1 Å². The number of anilines is 1. The first-order chi connectivity index (χ1) is 13.0. The number of ether oxygens (including phenoxy) is 1. The third kappa shape index (κ3) is 3.76. The normalized spacial score (nSPS) is 24.0. The van der Waals surface area contributed by atoms with Crippen molar-refractivity contribution in [1.82, 2.24) is 20.2 Å². The molecule has 1 saturated heterocycles. The summed E-state index contributed by atoms with van der Waals surface area (Å²) < 4.78 is 5.88. The number of amides is 2. The first-order valence-corrected chi connectivity index (χ1v) is 9.69. The Bertz CT molecular complexity index is 764. The van der Waals surface area contributed by atoms with E-state index in [1.54, 1.807) is 0 Å². The lowest BCUT2D eigenvalue weighted by Crippen LogP contribution is -2.44. The van der Waals surface area contributed by atoms with Gasteiger partial charge >= 0.3 is 0 Å². The number of fused-ring (bicyclic) bond motifs is 2. The molecule has 1 aromatic rings. The molecule has 146 valence electrons. The number of carbonyl (C=O) groups excluding carboxylic acids is 2. The maximum absolute atomic E-state index is 12.4. The van der Waals surface area contributed by atoms with Gasteiger partial charge in [-0.2, -0.15) is 0 Å². The van der Waals surface area contributed by atoms with Crippen molar-refractivity contribution in [3.05, 3.63) is 17.0 Å². The highest BCUT2D eigenvalue weighted by Crippen LogP contribution is 2.40. The third-order valence-electron chi connectivity index (χ3n) is 5.78. The van der Waals surface area contributed by atoms with Gasteiger partial charge in [0.05, 0.1) is 30.9 Å². The molecule has 8 heteroatoms. The van der Waals surface area contributed by atoms with Gasteiger partial charge in [0.2, 0.25) is 17.8 Å². The van der Waals surface area contributed by atoms with E-state index < -0.39 is 0 Å². The van der Waals surface area contributed by atoms with Crippen LogP contribution in [0.5, 0.6) is 0 Å². The maximum atomic E-state index is 12.4. The van der Waals surface area contributed by atoms with Gasteiger partial charge in [-0.1, -0.05) is 0 Å². The van der Waals surface area contributed by atoms with Gasteiger partial charge in [0, 0.05) is 37.8 Å². The van der Waals surface area contributed by atoms with Crippen LogP contribution in [0.1, 0.15) is 43.1 Å². The van der Waals surface area contributed by atoms with Gasteiger partial charge in [0.1, 0.15) is 0 Å². The highest BCUT2D eigenvalue weighted by Gasteiger charge is 2.46. The molecule has 2 fully saturated rings. The van der Waals surface area contributed by atoms with Crippen molar-refractivity contribution < 1.29 is 14.3 Å². The van der Waals surface area contributed by atoms with Crippen molar-refractivity contribution in [3.8, 4) is 0 Å². The molecule has 1 aromatic heterocycles. The van der Waals surface area contributed by atoms with Gasteiger partial charge in [-0.3, -0.25) is 9.59 Å². The van der Waals surface area contributed by atoms with Crippen LogP contribution in [0.3, 0.4) is 0 Å². The van der Waals surface area contributed by atoms with Crippen LogP contribution < -0.4 is 10.6 Å². The molecule has 2 N–H and O–H groups in total.